The van der Waals surface area contributed by atoms with E-state index in [-0.39, 0.29) is 0 Å². The first kappa shape index (κ1) is 11.8. The average molecular weight is 236 g/mol. The van der Waals surface area contributed by atoms with Crippen molar-refractivity contribution in [3.05, 3.63) is 29.3 Å². The van der Waals surface area contributed by atoms with Crippen LogP contribution in [-0.2, 0) is 6.54 Å². The molecule has 2 rings (SSSR count). The molecule has 1 aromatic carbocycles. The molecule has 0 aromatic heterocycles. The minimum atomic E-state index is 0.634. The zero-order valence-corrected chi connectivity index (χ0v) is 10.9. The van der Waals surface area contributed by atoms with E-state index < -0.39 is 0 Å². The fourth-order valence-corrected chi connectivity index (χ4v) is 3.24. The van der Waals surface area contributed by atoms with Crippen LogP contribution in [0.1, 0.15) is 18.1 Å². The van der Waals surface area contributed by atoms with Crippen molar-refractivity contribution >= 4 is 17.4 Å². The largest absolute Gasteiger partial charge is 0.369 e. The predicted octanol–water partition coefficient (Wildman–Crippen LogP) is 2.40. The lowest BCUT2D eigenvalue weighted by molar-refractivity contribution is 0.776. The van der Waals surface area contributed by atoms with Crippen LogP contribution in [0.15, 0.2) is 18.2 Å². The van der Waals surface area contributed by atoms with Gasteiger partial charge < -0.3 is 10.6 Å². The van der Waals surface area contributed by atoms with E-state index >= 15 is 0 Å². The summed E-state index contributed by atoms with van der Waals surface area (Å²) in [7, 11) is 0. The highest BCUT2D eigenvalue weighted by Gasteiger charge is 2.18. The first-order valence-electron chi connectivity index (χ1n) is 5.87. The molecule has 0 spiro atoms. The third-order valence-corrected chi connectivity index (χ3v) is 4.17. The van der Waals surface area contributed by atoms with Crippen LogP contribution < -0.4 is 10.6 Å². The van der Waals surface area contributed by atoms with Gasteiger partial charge in [-0.25, -0.2) is 0 Å². The highest BCUT2D eigenvalue weighted by molar-refractivity contribution is 8.00. The Hall–Kier alpha value is -0.670. The summed E-state index contributed by atoms with van der Waals surface area (Å²) in [5.41, 5.74) is 9.73. The molecule has 88 valence electrons. The second kappa shape index (κ2) is 5.11. The van der Waals surface area contributed by atoms with Gasteiger partial charge in [-0.1, -0.05) is 24.6 Å². The Labute approximate surface area is 102 Å². The van der Waals surface area contributed by atoms with E-state index in [2.05, 4.69) is 48.7 Å². The quantitative estimate of drug-likeness (QED) is 0.855. The molecule has 0 radical (unpaired) electrons. The van der Waals surface area contributed by atoms with Gasteiger partial charge in [0.15, 0.2) is 0 Å². The summed E-state index contributed by atoms with van der Waals surface area (Å²) in [5.74, 6) is 1.22. The van der Waals surface area contributed by atoms with Gasteiger partial charge in [0.2, 0.25) is 0 Å². The van der Waals surface area contributed by atoms with Crippen LogP contribution in [-0.4, -0.2) is 24.1 Å². The number of benzene rings is 1. The molecule has 0 amide bonds. The van der Waals surface area contributed by atoms with Crippen molar-refractivity contribution in [1.29, 1.82) is 0 Å². The monoisotopic (exact) mass is 236 g/mol. The first-order valence-corrected chi connectivity index (χ1v) is 6.91. The Morgan fingerprint density at radius 3 is 3.00 bits per heavy atom. The highest BCUT2D eigenvalue weighted by Crippen LogP contribution is 2.27. The van der Waals surface area contributed by atoms with Gasteiger partial charge >= 0.3 is 0 Å². The molecule has 2 nitrogen and oxygen atoms in total. The van der Waals surface area contributed by atoms with E-state index in [0.717, 1.165) is 18.3 Å². The predicted molar refractivity (Wildman–Crippen MR) is 73.2 cm³/mol. The topological polar surface area (TPSA) is 29.3 Å². The van der Waals surface area contributed by atoms with E-state index in [1.165, 1.54) is 22.6 Å². The number of nitrogens with two attached hydrogens (primary N) is 1. The molecular formula is C13H20N2S. The van der Waals surface area contributed by atoms with Crippen molar-refractivity contribution in [3.63, 3.8) is 0 Å². The molecule has 1 heterocycles. The number of aryl methyl sites for hydroxylation is 1. The number of nitrogens with zero attached hydrogens (tertiary/aromatic N) is 1. The van der Waals surface area contributed by atoms with Crippen LogP contribution in [0, 0.1) is 6.92 Å². The van der Waals surface area contributed by atoms with E-state index in [1.807, 2.05) is 0 Å². The van der Waals surface area contributed by atoms with Crippen molar-refractivity contribution in [1.82, 2.24) is 0 Å². The van der Waals surface area contributed by atoms with Crippen LogP contribution in [0.2, 0.25) is 0 Å². The van der Waals surface area contributed by atoms with Gasteiger partial charge in [-0.15, -0.1) is 0 Å². The molecule has 3 heteroatoms. The Kier molecular flexibility index (Phi) is 3.77. The van der Waals surface area contributed by atoms with Crippen molar-refractivity contribution < 1.29 is 0 Å². The fourth-order valence-electron chi connectivity index (χ4n) is 2.22. The molecule has 1 saturated heterocycles. The molecule has 2 N–H and O–H groups in total. The standard InChI is InChI=1S/C13H20N2S/c1-10-3-4-13(12(7-10)8-14)15-5-6-16-11(2)9-15/h3-4,7,11H,5-6,8-9,14H2,1-2H3. The van der Waals surface area contributed by atoms with E-state index in [9.17, 15) is 0 Å². The summed E-state index contributed by atoms with van der Waals surface area (Å²) in [6.07, 6.45) is 0. The van der Waals surface area contributed by atoms with Crippen LogP contribution in [0.5, 0.6) is 0 Å². The van der Waals surface area contributed by atoms with Crippen molar-refractivity contribution in [2.45, 2.75) is 25.6 Å². The van der Waals surface area contributed by atoms with Crippen LogP contribution in [0.4, 0.5) is 5.69 Å². The molecule has 0 bridgehead atoms. The lowest BCUT2D eigenvalue weighted by Crippen LogP contribution is -2.37. The average Bonchev–Trinajstić information content (AvgIpc) is 2.28. The van der Waals surface area contributed by atoms with Gasteiger partial charge in [0, 0.05) is 36.3 Å². The highest BCUT2D eigenvalue weighted by atomic mass is 32.2. The SMILES string of the molecule is Cc1ccc(N2CCSC(C)C2)c(CN)c1. The van der Waals surface area contributed by atoms with E-state index in [4.69, 9.17) is 5.73 Å². The summed E-state index contributed by atoms with van der Waals surface area (Å²) < 4.78 is 0. The third kappa shape index (κ3) is 2.53. The zero-order chi connectivity index (χ0) is 11.5. The zero-order valence-electron chi connectivity index (χ0n) is 10.1. The van der Waals surface area contributed by atoms with Crippen molar-refractivity contribution in [2.75, 3.05) is 23.7 Å². The summed E-state index contributed by atoms with van der Waals surface area (Å²) >= 11 is 2.06. The summed E-state index contributed by atoms with van der Waals surface area (Å²) in [6, 6.07) is 6.61. The second-order valence-electron chi connectivity index (χ2n) is 4.46. The molecule has 1 aromatic rings. The smallest absolute Gasteiger partial charge is 0.0412 e. The minimum absolute atomic E-state index is 0.634. The second-order valence-corrected chi connectivity index (χ2v) is 6.01. The summed E-state index contributed by atoms with van der Waals surface area (Å²) in [6.45, 7) is 7.34. The maximum Gasteiger partial charge on any atom is 0.0412 e. The first-order chi connectivity index (χ1) is 7.70. The van der Waals surface area contributed by atoms with Crippen LogP contribution in [0.3, 0.4) is 0 Å². The molecule has 1 aliphatic heterocycles. The molecule has 1 fully saturated rings. The van der Waals surface area contributed by atoms with Gasteiger partial charge in [0.25, 0.3) is 0 Å². The minimum Gasteiger partial charge on any atom is -0.369 e. The Morgan fingerprint density at radius 1 is 1.50 bits per heavy atom. The third-order valence-electron chi connectivity index (χ3n) is 3.04. The molecule has 0 aliphatic carbocycles. The van der Waals surface area contributed by atoms with Crippen molar-refractivity contribution in [2.24, 2.45) is 5.73 Å². The normalized spacial score (nSPS) is 21.2. The Balaban J connectivity index is 2.24. The Morgan fingerprint density at radius 2 is 2.31 bits per heavy atom. The molecule has 1 aliphatic rings. The molecule has 16 heavy (non-hydrogen) atoms. The number of anilines is 1. The maximum atomic E-state index is 5.83. The summed E-state index contributed by atoms with van der Waals surface area (Å²) in [5, 5.41) is 0.723. The van der Waals surface area contributed by atoms with E-state index in [1.54, 1.807) is 0 Å². The number of hydrogen-bond acceptors (Lipinski definition) is 3. The van der Waals surface area contributed by atoms with Gasteiger partial charge in [-0.2, -0.15) is 11.8 Å². The van der Waals surface area contributed by atoms with Gasteiger partial charge in [-0.3, -0.25) is 0 Å². The molecule has 0 saturated carbocycles. The van der Waals surface area contributed by atoms with Crippen LogP contribution in [0.25, 0.3) is 0 Å². The van der Waals surface area contributed by atoms with Crippen molar-refractivity contribution in [3.8, 4) is 0 Å². The van der Waals surface area contributed by atoms with Gasteiger partial charge in [0.05, 0.1) is 0 Å². The lowest BCUT2D eigenvalue weighted by atomic mass is 10.1. The lowest BCUT2D eigenvalue weighted by Gasteiger charge is -2.33. The number of rotatable bonds is 2. The van der Waals surface area contributed by atoms with Gasteiger partial charge in [0.1, 0.15) is 0 Å². The Bertz CT molecular complexity index is 365. The maximum absolute atomic E-state index is 5.83. The summed E-state index contributed by atoms with van der Waals surface area (Å²) in [4.78, 5) is 2.48. The number of hydrogen-bond donors (Lipinski definition) is 1. The van der Waals surface area contributed by atoms with Crippen LogP contribution >= 0.6 is 11.8 Å². The number of thioether (sulfide) groups is 1. The van der Waals surface area contributed by atoms with E-state index in [0.29, 0.717) is 6.54 Å². The molecule has 1 unspecified atom stereocenters. The molecule has 1 atom stereocenters. The fraction of sp³-hybridized carbons (Fsp3) is 0.538. The van der Waals surface area contributed by atoms with Gasteiger partial charge in [-0.05, 0) is 18.6 Å². The molecular weight excluding hydrogens is 216 g/mol.